The van der Waals surface area contributed by atoms with Gasteiger partial charge in [0.25, 0.3) is 0 Å². The number of nitrogens with one attached hydrogen (secondary N) is 1. The quantitative estimate of drug-likeness (QED) is 0.820. The second kappa shape index (κ2) is 6.03. The van der Waals surface area contributed by atoms with Crippen molar-refractivity contribution < 1.29 is 0 Å². The Bertz CT molecular complexity index is 518. The van der Waals surface area contributed by atoms with Crippen molar-refractivity contribution in [2.45, 2.75) is 38.3 Å². The van der Waals surface area contributed by atoms with E-state index in [9.17, 15) is 0 Å². The summed E-state index contributed by atoms with van der Waals surface area (Å²) in [7, 11) is 0. The van der Waals surface area contributed by atoms with Gasteiger partial charge in [0, 0.05) is 12.6 Å². The zero-order valence-electron chi connectivity index (χ0n) is 11.3. The van der Waals surface area contributed by atoms with E-state index in [1.807, 2.05) is 0 Å². The van der Waals surface area contributed by atoms with Gasteiger partial charge in [-0.3, -0.25) is 0 Å². The molecule has 0 aromatic heterocycles. The molecular formula is C18H21N. The lowest BCUT2D eigenvalue weighted by atomic mass is 10.0. The van der Waals surface area contributed by atoms with Crippen molar-refractivity contribution in [2.75, 3.05) is 0 Å². The summed E-state index contributed by atoms with van der Waals surface area (Å²) in [6, 6.07) is 20.2. The van der Waals surface area contributed by atoms with Crippen molar-refractivity contribution in [2.24, 2.45) is 0 Å². The summed E-state index contributed by atoms with van der Waals surface area (Å²) < 4.78 is 0. The van der Waals surface area contributed by atoms with Gasteiger partial charge in [-0.1, -0.05) is 54.6 Å². The van der Waals surface area contributed by atoms with E-state index < -0.39 is 0 Å². The van der Waals surface area contributed by atoms with Crippen LogP contribution in [0, 0.1) is 0 Å². The Kier molecular flexibility index (Phi) is 3.95. The first-order valence-electron chi connectivity index (χ1n) is 7.26. The predicted octanol–water partition coefficient (Wildman–Crippen LogP) is 3.72. The Morgan fingerprint density at radius 2 is 1.63 bits per heavy atom. The zero-order chi connectivity index (χ0) is 12.9. The molecule has 2 aromatic rings. The first kappa shape index (κ1) is 12.4. The van der Waals surface area contributed by atoms with Gasteiger partial charge < -0.3 is 5.32 Å². The van der Waals surface area contributed by atoms with Crippen molar-refractivity contribution >= 4 is 0 Å². The molecule has 0 bridgehead atoms. The average Bonchev–Trinajstić information content (AvgIpc) is 2.68. The van der Waals surface area contributed by atoms with Crippen LogP contribution in [0.3, 0.4) is 0 Å². The number of aryl methyl sites for hydroxylation is 1. The molecule has 1 heteroatoms. The van der Waals surface area contributed by atoms with Crippen molar-refractivity contribution in [3.8, 4) is 0 Å². The zero-order valence-corrected chi connectivity index (χ0v) is 11.3. The fraction of sp³-hybridized carbons (Fsp3) is 0.333. The summed E-state index contributed by atoms with van der Waals surface area (Å²) in [5, 5.41) is 3.72. The lowest BCUT2D eigenvalue weighted by Crippen LogP contribution is -2.30. The minimum Gasteiger partial charge on any atom is -0.310 e. The summed E-state index contributed by atoms with van der Waals surface area (Å²) in [6.45, 7) is 0.980. The second-order valence-corrected chi connectivity index (χ2v) is 5.43. The molecular weight excluding hydrogens is 230 g/mol. The summed E-state index contributed by atoms with van der Waals surface area (Å²) >= 11 is 0. The highest BCUT2D eigenvalue weighted by Crippen LogP contribution is 2.20. The molecule has 0 heterocycles. The molecule has 1 nitrogen and oxygen atoms in total. The number of rotatable bonds is 3. The Balaban J connectivity index is 1.63. The van der Waals surface area contributed by atoms with Gasteiger partial charge in [0.2, 0.25) is 0 Å². The molecule has 0 spiro atoms. The molecule has 3 rings (SSSR count). The van der Waals surface area contributed by atoms with Crippen LogP contribution in [0.5, 0.6) is 0 Å². The van der Waals surface area contributed by atoms with Crippen LogP contribution in [-0.2, 0) is 19.4 Å². The van der Waals surface area contributed by atoms with Gasteiger partial charge in [0.15, 0.2) is 0 Å². The summed E-state index contributed by atoms with van der Waals surface area (Å²) in [4.78, 5) is 0. The van der Waals surface area contributed by atoms with Crippen LogP contribution >= 0.6 is 0 Å². The highest BCUT2D eigenvalue weighted by Gasteiger charge is 2.15. The fourth-order valence-corrected chi connectivity index (χ4v) is 2.94. The van der Waals surface area contributed by atoms with E-state index in [0.717, 1.165) is 6.54 Å². The molecule has 0 saturated carbocycles. The first-order chi connectivity index (χ1) is 9.42. The predicted molar refractivity (Wildman–Crippen MR) is 80.2 cm³/mol. The lowest BCUT2D eigenvalue weighted by molar-refractivity contribution is 0.475. The molecule has 0 fully saturated rings. The summed E-state index contributed by atoms with van der Waals surface area (Å²) in [5.41, 5.74) is 4.46. The molecule has 1 unspecified atom stereocenters. The van der Waals surface area contributed by atoms with E-state index in [4.69, 9.17) is 0 Å². The molecule has 0 radical (unpaired) electrons. The Labute approximate surface area is 115 Å². The van der Waals surface area contributed by atoms with Crippen molar-refractivity contribution in [3.05, 3.63) is 71.3 Å². The van der Waals surface area contributed by atoms with E-state index in [2.05, 4.69) is 59.9 Å². The topological polar surface area (TPSA) is 12.0 Å². The molecule has 2 aromatic carbocycles. The largest absolute Gasteiger partial charge is 0.310 e. The molecule has 98 valence electrons. The van der Waals surface area contributed by atoms with Crippen LogP contribution in [0.4, 0.5) is 0 Å². The van der Waals surface area contributed by atoms with Gasteiger partial charge in [-0.05, 0) is 42.4 Å². The number of fused-ring (bicyclic) bond motifs is 1. The van der Waals surface area contributed by atoms with Crippen LogP contribution in [0.2, 0.25) is 0 Å². The third-order valence-corrected chi connectivity index (χ3v) is 4.02. The number of hydrogen-bond acceptors (Lipinski definition) is 1. The van der Waals surface area contributed by atoms with Gasteiger partial charge in [0.1, 0.15) is 0 Å². The lowest BCUT2D eigenvalue weighted by Gasteiger charge is -2.17. The SMILES string of the molecule is c1ccc(CNC2CCCc3ccccc3C2)cc1. The Morgan fingerprint density at radius 3 is 2.47 bits per heavy atom. The number of hydrogen-bond donors (Lipinski definition) is 1. The average molecular weight is 251 g/mol. The monoisotopic (exact) mass is 251 g/mol. The normalized spacial score (nSPS) is 18.6. The van der Waals surface area contributed by atoms with Gasteiger partial charge in [-0.25, -0.2) is 0 Å². The third kappa shape index (κ3) is 3.24. The molecule has 1 atom stereocenters. The standard InChI is InChI=1S/C18H21N/c1-2-7-15(8-3-1)14-19-18-12-6-11-16-9-4-5-10-17(16)13-18/h1-5,7-10,18-19H,6,11-14H2. The molecule has 0 amide bonds. The highest BCUT2D eigenvalue weighted by atomic mass is 14.9. The van der Waals surface area contributed by atoms with E-state index in [1.165, 1.54) is 36.8 Å². The molecule has 1 aliphatic rings. The first-order valence-corrected chi connectivity index (χ1v) is 7.26. The second-order valence-electron chi connectivity index (χ2n) is 5.43. The molecule has 1 N–H and O–H groups in total. The van der Waals surface area contributed by atoms with Crippen molar-refractivity contribution in [1.82, 2.24) is 5.32 Å². The fourth-order valence-electron chi connectivity index (χ4n) is 2.94. The van der Waals surface area contributed by atoms with E-state index >= 15 is 0 Å². The van der Waals surface area contributed by atoms with Crippen LogP contribution < -0.4 is 5.32 Å². The Morgan fingerprint density at radius 1 is 0.895 bits per heavy atom. The maximum absolute atomic E-state index is 3.72. The molecule has 0 aliphatic heterocycles. The van der Waals surface area contributed by atoms with Crippen LogP contribution in [0.15, 0.2) is 54.6 Å². The highest BCUT2D eigenvalue weighted by molar-refractivity contribution is 5.29. The molecule has 19 heavy (non-hydrogen) atoms. The maximum Gasteiger partial charge on any atom is 0.0208 e. The third-order valence-electron chi connectivity index (χ3n) is 4.02. The van der Waals surface area contributed by atoms with Gasteiger partial charge in [0.05, 0.1) is 0 Å². The van der Waals surface area contributed by atoms with E-state index in [1.54, 1.807) is 5.56 Å². The smallest absolute Gasteiger partial charge is 0.0208 e. The van der Waals surface area contributed by atoms with Gasteiger partial charge in [-0.2, -0.15) is 0 Å². The van der Waals surface area contributed by atoms with Gasteiger partial charge in [-0.15, -0.1) is 0 Å². The molecule has 0 saturated heterocycles. The van der Waals surface area contributed by atoms with Crippen molar-refractivity contribution in [1.29, 1.82) is 0 Å². The number of benzene rings is 2. The Hall–Kier alpha value is -1.60. The van der Waals surface area contributed by atoms with E-state index in [0.29, 0.717) is 6.04 Å². The van der Waals surface area contributed by atoms with Crippen LogP contribution in [0.1, 0.15) is 29.5 Å². The van der Waals surface area contributed by atoms with E-state index in [-0.39, 0.29) is 0 Å². The minimum absolute atomic E-state index is 0.615. The summed E-state index contributed by atoms with van der Waals surface area (Å²) in [6.07, 6.45) is 4.98. The minimum atomic E-state index is 0.615. The molecule has 1 aliphatic carbocycles. The van der Waals surface area contributed by atoms with Crippen molar-refractivity contribution in [3.63, 3.8) is 0 Å². The maximum atomic E-state index is 3.72. The van der Waals surface area contributed by atoms with Crippen LogP contribution in [-0.4, -0.2) is 6.04 Å². The van der Waals surface area contributed by atoms with Crippen LogP contribution in [0.25, 0.3) is 0 Å². The summed E-state index contributed by atoms with van der Waals surface area (Å²) in [5.74, 6) is 0. The van der Waals surface area contributed by atoms with Gasteiger partial charge >= 0.3 is 0 Å².